The average Bonchev–Trinajstić information content (AvgIpc) is 3.52. The number of cyclic esters (lactones) is 1. The van der Waals surface area contributed by atoms with Gasteiger partial charge in [0.25, 0.3) is 0 Å². The molecule has 0 radical (unpaired) electrons. The van der Waals surface area contributed by atoms with Gasteiger partial charge in [-0.2, -0.15) is 0 Å². The molecule has 0 spiro atoms. The minimum atomic E-state index is -0.489. The molecule has 12 heteroatoms. The van der Waals surface area contributed by atoms with Crippen LogP contribution in [0.1, 0.15) is 12.5 Å². The number of halogens is 1. The number of benzene rings is 2. The second-order valence-corrected chi connectivity index (χ2v) is 10.0. The third-order valence-electron chi connectivity index (χ3n) is 6.48. The minimum absolute atomic E-state index is 0.246. The first-order valence-electron chi connectivity index (χ1n) is 12.1. The maximum absolute atomic E-state index is 15.1. The molecule has 3 aliphatic rings. The van der Waals surface area contributed by atoms with Crippen LogP contribution >= 0.6 is 24.4 Å². The molecular weight excluding hydrogens is 517 g/mol. The van der Waals surface area contributed by atoms with Gasteiger partial charge < -0.3 is 34.6 Å². The normalized spacial score (nSPS) is 18.6. The second kappa shape index (κ2) is 10.9. The summed E-state index contributed by atoms with van der Waals surface area (Å²) in [5.41, 5.74) is 2.02. The lowest BCUT2D eigenvalue weighted by atomic mass is 10.2. The maximum atomic E-state index is 15.1. The van der Waals surface area contributed by atoms with Crippen LogP contribution in [0, 0.1) is 5.82 Å². The molecule has 37 heavy (non-hydrogen) atoms. The van der Waals surface area contributed by atoms with E-state index >= 15 is 4.39 Å². The van der Waals surface area contributed by atoms with E-state index < -0.39 is 6.09 Å². The van der Waals surface area contributed by atoms with Gasteiger partial charge in [-0.1, -0.05) is 18.3 Å². The number of nitrogens with one attached hydrogen (secondary N) is 2. The van der Waals surface area contributed by atoms with E-state index in [1.807, 2.05) is 23.1 Å². The molecule has 0 bridgehead atoms. The van der Waals surface area contributed by atoms with Gasteiger partial charge in [0.05, 0.1) is 29.5 Å². The van der Waals surface area contributed by atoms with E-state index in [1.165, 1.54) is 11.0 Å². The highest BCUT2D eigenvalue weighted by Crippen LogP contribution is 2.32. The predicted octanol–water partition coefficient (Wildman–Crippen LogP) is 3.01. The van der Waals surface area contributed by atoms with Crippen LogP contribution in [0.25, 0.3) is 0 Å². The fourth-order valence-electron chi connectivity index (χ4n) is 4.51. The summed E-state index contributed by atoms with van der Waals surface area (Å²) in [5.74, 6) is 1.12. The lowest BCUT2D eigenvalue weighted by Crippen LogP contribution is -2.51. The third-order valence-corrected chi connectivity index (χ3v) is 7.03. The van der Waals surface area contributed by atoms with Gasteiger partial charge >= 0.3 is 6.09 Å². The Morgan fingerprint density at radius 1 is 1.05 bits per heavy atom. The highest BCUT2D eigenvalue weighted by molar-refractivity contribution is 7.80. The van der Waals surface area contributed by atoms with Crippen LogP contribution in [0.5, 0.6) is 11.5 Å². The van der Waals surface area contributed by atoms with Crippen LogP contribution in [0.15, 0.2) is 36.4 Å². The van der Waals surface area contributed by atoms with Gasteiger partial charge in [0.15, 0.2) is 16.6 Å². The Morgan fingerprint density at radius 3 is 2.59 bits per heavy atom. The average molecular weight is 546 g/mol. The van der Waals surface area contributed by atoms with E-state index in [-0.39, 0.29) is 18.7 Å². The zero-order chi connectivity index (χ0) is 25.9. The molecule has 2 aromatic rings. The van der Waals surface area contributed by atoms with Crippen LogP contribution in [0.2, 0.25) is 0 Å². The summed E-state index contributed by atoms with van der Waals surface area (Å²) in [7, 11) is 0. The van der Waals surface area contributed by atoms with E-state index in [1.54, 1.807) is 19.1 Å². The Balaban J connectivity index is 1.12. The molecule has 1 amide bonds. The molecule has 2 fully saturated rings. The fourth-order valence-corrected chi connectivity index (χ4v) is 4.85. The van der Waals surface area contributed by atoms with Crippen LogP contribution in [0.4, 0.5) is 20.6 Å². The number of ether oxygens (including phenoxy) is 3. The molecular formula is C25H28FN5O4S2. The van der Waals surface area contributed by atoms with Crippen molar-refractivity contribution in [3.63, 3.8) is 0 Å². The van der Waals surface area contributed by atoms with Crippen molar-refractivity contribution in [2.75, 3.05) is 55.9 Å². The Morgan fingerprint density at radius 2 is 1.84 bits per heavy atom. The van der Waals surface area contributed by atoms with E-state index in [0.29, 0.717) is 67.3 Å². The van der Waals surface area contributed by atoms with Crippen molar-refractivity contribution >= 4 is 52.0 Å². The van der Waals surface area contributed by atoms with E-state index in [9.17, 15) is 4.79 Å². The summed E-state index contributed by atoms with van der Waals surface area (Å²) in [4.78, 5) is 18.4. The molecule has 0 saturated carbocycles. The number of anilines is 2. The van der Waals surface area contributed by atoms with Crippen LogP contribution in [-0.2, 0) is 11.3 Å². The van der Waals surface area contributed by atoms with Crippen molar-refractivity contribution < 1.29 is 23.4 Å². The van der Waals surface area contributed by atoms with Crippen molar-refractivity contribution in [3.05, 3.63) is 47.8 Å². The number of carbonyl (C=O) groups excluding carboxylic acids is 1. The largest absolute Gasteiger partial charge is 0.454 e. The molecule has 3 aliphatic heterocycles. The third kappa shape index (κ3) is 5.80. The van der Waals surface area contributed by atoms with E-state index in [2.05, 4.69) is 15.5 Å². The Hall–Kier alpha value is -3.38. The summed E-state index contributed by atoms with van der Waals surface area (Å²) < 4.78 is 31.2. The first-order chi connectivity index (χ1) is 17.9. The van der Waals surface area contributed by atoms with Gasteiger partial charge in [-0.3, -0.25) is 4.90 Å². The van der Waals surface area contributed by atoms with Gasteiger partial charge in [-0.05, 0) is 55.0 Å². The van der Waals surface area contributed by atoms with Crippen LogP contribution < -0.4 is 29.9 Å². The molecule has 0 aliphatic carbocycles. The Labute approximate surface area is 225 Å². The van der Waals surface area contributed by atoms with Gasteiger partial charge in [0.1, 0.15) is 11.9 Å². The van der Waals surface area contributed by atoms with Gasteiger partial charge in [-0.15, -0.1) is 0 Å². The Kier molecular flexibility index (Phi) is 7.47. The molecule has 0 aromatic heterocycles. The fraction of sp³-hybridized carbons (Fsp3) is 0.400. The summed E-state index contributed by atoms with van der Waals surface area (Å²) >= 11 is 10.6. The number of piperazine rings is 1. The SMILES string of the molecule is CC(=S)NC[C@H]1CN(c2ccc(N3CCN(C(=S)NCc4ccc5c(c4)OCO5)CC3)c(F)c2)C(=O)O1. The van der Waals surface area contributed by atoms with Crippen molar-refractivity contribution in [2.24, 2.45) is 0 Å². The Bertz CT molecular complexity index is 1210. The van der Waals surface area contributed by atoms with Crippen LogP contribution in [0.3, 0.4) is 0 Å². The van der Waals surface area contributed by atoms with Crippen molar-refractivity contribution in [1.82, 2.24) is 15.5 Å². The number of thiocarbonyl (C=S) groups is 2. The number of fused-ring (bicyclic) bond motifs is 1. The first kappa shape index (κ1) is 25.3. The highest BCUT2D eigenvalue weighted by Gasteiger charge is 2.33. The zero-order valence-corrected chi connectivity index (χ0v) is 22.0. The summed E-state index contributed by atoms with van der Waals surface area (Å²) in [5, 5.41) is 6.96. The minimum Gasteiger partial charge on any atom is -0.454 e. The quantitative estimate of drug-likeness (QED) is 0.529. The topological polar surface area (TPSA) is 78.5 Å². The van der Waals surface area contributed by atoms with E-state index in [0.717, 1.165) is 17.1 Å². The molecule has 2 saturated heterocycles. The number of rotatable bonds is 6. The molecule has 196 valence electrons. The summed E-state index contributed by atoms with van der Waals surface area (Å²) in [6.45, 7) is 5.93. The number of carbonyl (C=O) groups is 1. The van der Waals surface area contributed by atoms with Gasteiger partial charge in [-0.25, -0.2) is 9.18 Å². The monoisotopic (exact) mass is 545 g/mol. The number of amides is 1. The second-order valence-electron chi connectivity index (χ2n) is 9.01. The lowest BCUT2D eigenvalue weighted by molar-refractivity contribution is 0.143. The maximum Gasteiger partial charge on any atom is 0.414 e. The number of nitrogens with zero attached hydrogens (tertiary/aromatic N) is 3. The smallest absolute Gasteiger partial charge is 0.414 e. The lowest BCUT2D eigenvalue weighted by Gasteiger charge is -2.37. The highest BCUT2D eigenvalue weighted by atomic mass is 32.1. The molecule has 3 heterocycles. The number of hydrogen-bond donors (Lipinski definition) is 2. The van der Waals surface area contributed by atoms with Crippen molar-refractivity contribution in [3.8, 4) is 11.5 Å². The summed E-state index contributed by atoms with van der Waals surface area (Å²) in [6.07, 6.45) is -0.833. The molecule has 2 aromatic carbocycles. The summed E-state index contributed by atoms with van der Waals surface area (Å²) in [6, 6.07) is 10.7. The standard InChI is InChI=1S/C25H28FN5O4S2/c1-16(36)27-13-19-14-31(25(32)35-19)18-3-4-21(20(26)11-18)29-6-8-30(9-7-29)24(37)28-12-17-2-5-22-23(10-17)34-15-33-22/h2-5,10-11,19H,6-9,12-15H2,1H3,(H,27,36)(H,28,37)/t19-/m0/s1. The zero-order valence-electron chi connectivity index (χ0n) is 20.4. The van der Waals surface area contributed by atoms with Gasteiger partial charge in [0.2, 0.25) is 6.79 Å². The first-order valence-corrected chi connectivity index (χ1v) is 12.9. The number of hydrogen-bond acceptors (Lipinski definition) is 7. The van der Waals surface area contributed by atoms with E-state index in [4.69, 9.17) is 38.6 Å². The van der Waals surface area contributed by atoms with Gasteiger partial charge in [0, 0.05) is 32.7 Å². The molecule has 0 unspecified atom stereocenters. The van der Waals surface area contributed by atoms with Crippen molar-refractivity contribution in [1.29, 1.82) is 0 Å². The molecule has 9 nitrogen and oxygen atoms in total. The molecule has 5 rings (SSSR count). The predicted molar refractivity (Wildman–Crippen MR) is 146 cm³/mol. The van der Waals surface area contributed by atoms with Crippen LogP contribution in [-0.4, -0.2) is 73.3 Å². The molecule has 2 N–H and O–H groups in total. The molecule has 1 atom stereocenters. The van der Waals surface area contributed by atoms with Crippen molar-refractivity contribution in [2.45, 2.75) is 19.6 Å².